The Morgan fingerprint density at radius 1 is 0.923 bits per heavy atom. The molecule has 2 aromatic heterocycles. The molecule has 0 atom stereocenters. The minimum atomic E-state index is -3.98. The van der Waals surface area contributed by atoms with Crippen LogP contribution in [0.5, 0.6) is 0 Å². The Morgan fingerprint density at radius 3 is 2.35 bits per heavy atom. The minimum Gasteiger partial charge on any atom is -0.264 e. The van der Waals surface area contributed by atoms with E-state index in [4.69, 9.17) is 0 Å². The molecule has 4 rings (SSSR count). The highest BCUT2D eigenvalue weighted by atomic mass is 32.2. The van der Waals surface area contributed by atoms with Gasteiger partial charge in [0.15, 0.2) is 11.6 Å². The van der Waals surface area contributed by atoms with E-state index in [2.05, 4.69) is 4.98 Å². The lowest BCUT2D eigenvalue weighted by Crippen LogP contribution is -2.11. The number of rotatable bonds is 3. The summed E-state index contributed by atoms with van der Waals surface area (Å²) in [6.07, 6.45) is 4.47. The molecule has 0 amide bonds. The zero-order valence-corrected chi connectivity index (χ0v) is 14.1. The number of nitrogens with zero attached hydrogens (tertiary/aromatic N) is 2. The maximum Gasteiger partial charge on any atom is 0.268 e. The van der Waals surface area contributed by atoms with Gasteiger partial charge in [-0.15, -0.1) is 0 Å². The van der Waals surface area contributed by atoms with Crippen molar-refractivity contribution in [2.45, 2.75) is 4.90 Å². The van der Waals surface area contributed by atoms with Gasteiger partial charge in [0, 0.05) is 41.2 Å². The highest BCUT2D eigenvalue weighted by molar-refractivity contribution is 7.90. The molecule has 7 heteroatoms. The van der Waals surface area contributed by atoms with Crippen molar-refractivity contribution in [2.24, 2.45) is 0 Å². The van der Waals surface area contributed by atoms with Crippen molar-refractivity contribution >= 4 is 20.9 Å². The molecule has 0 unspecified atom stereocenters. The average Bonchev–Trinajstić information content (AvgIpc) is 3.02. The summed E-state index contributed by atoms with van der Waals surface area (Å²) in [7, 11) is -3.98. The van der Waals surface area contributed by atoms with Crippen LogP contribution in [0.25, 0.3) is 22.0 Å². The van der Waals surface area contributed by atoms with E-state index >= 15 is 0 Å². The molecule has 0 bridgehead atoms. The number of fused-ring (bicyclic) bond motifs is 1. The molecular weight excluding hydrogens is 358 g/mol. The summed E-state index contributed by atoms with van der Waals surface area (Å²) in [6, 6.07) is 13.1. The van der Waals surface area contributed by atoms with E-state index in [1.54, 1.807) is 36.5 Å². The molecule has 0 saturated carbocycles. The zero-order valence-electron chi connectivity index (χ0n) is 13.3. The van der Waals surface area contributed by atoms with Crippen LogP contribution in [0.2, 0.25) is 0 Å². The first kappa shape index (κ1) is 16.4. The Kier molecular flexibility index (Phi) is 3.81. The topological polar surface area (TPSA) is 52.0 Å². The van der Waals surface area contributed by atoms with Gasteiger partial charge in [-0.05, 0) is 24.3 Å². The minimum absolute atomic E-state index is 0.0550. The molecule has 0 N–H and O–H groups in total. The third kappa shape index (κ3) is 2.57. The first-order valence-corrected chi connectivity index (χ1v) is 9.13. The maximum absolute atomic E-state index is 13.8. The second kappa shape index (κ2) is 6.03. The summed E-state index contributed by atoms with van der Waals surface area (Å²) in [5.74, 6) is -2.16. The Morgan fingerprint density at radius 2 is 1.65 bits per heavy atom. The van der Waals surface area contributed by atoms with Crippen LogP contribution in [0, 0.1) is 11.6 Å². The van der Waals surface area contributed by atoms with Crippen molar-refractivity contribution in [1.82, 2.24) is 8.96 Å². The average molecular weight is 370 g/mol. The van der Waals surface area contributed by atoms with Crippen LogP contribution in [0.1, 0.15) is 0 Å². The van der Waals surface area contributed by atoms with Gasteiger partial charge in [-0.1, -0.05) is 24.3 Å². The van der Waals surface area contributed by atoms with Crippen LogP contribution in [0.4, 0.5) is 8.78 Å². The highest BCUT2D eigenvalue weighted by Gasteiger charge is 2.23. The number of benzene rings is 2. The zero-order chi connectivity index (χ0) is 18.3. The first-order chi connectivity index (χ1) is 12.5. The fourth-order valence-corrected chi connectivity index (χ4v) is 4.23. The number of aromatic nitrogens is 2. The van der Waals surface area contributed by atoms with E-state index in [-0.39, 0.29) is 15.8 Å². The maximum atomic E-state index is 13.8. The molecule has 4 aromatic rings. The number of halogens is 2. The molecule has 2 aromatic carbocycles. The standard InChI is InChI=1S/C19H12F2N2O2S/c20-17-9-15-16(13-5-4-8-22-11-13)12-23(19(15)10-18(17)21)26(24,25)14-6-2-1-3-7-14/h1-12H. The third-order valence-corrected chi connectivity index (χ3v) is 5.77. The lowest BCUT2D eigenvalue weighted by molar-refractivity contribution is 0.510. The number of hydrogen-bond acceptors (Lipinski definition) is 3. The van der Waals surface area contributed by atoms with Gasteiger partial charge < -0.3 is 0 Å². The summed E-state index contributed by atoms with van der Waals surface area (Å²) < 4.78 is 54.7. The van der Waals surface area contributed by atoms with Gasteiger partial charge in [-0.25, -0.2) is 21.2 Å². The SMILES string of the molecule is O=S(=O)(c1ccccc1)n1cc(-c2cccnc2)c2cc(F)c(F)cc21. The Balaban J connectivity index is 2.07. The van der Waals surface area contributed by atoms with E-state index in [9.17, 15) is 17.2 Å². The normalized spacial score (nSPS) is 11.8. The molecule has 0 spiro atoms. The second-order valence-corrected chi connectivity index (χ2v) is 7.50. The Bertz CT molecular complexity index is 1200. The fraction of sp³-hybridized carbons (Fsp3) is 0. The second-order valence-electron chi connectivity index (χ2n) is 5.68. The van der Waals surface area contributed by atoms with Crippen molar-refractivity contribution in [1.29, 1.82) is 0 Å². The van der Waals surface area contributed by atoms with E-state index < -0.39 is 21.7 Å². The number of hydrogen-bond donors (Lipinski definition) is 0. The molecular formula is C19H12F2N2O2S. The van der Waals surface area contributed by atoms with E-state index in [1.165, 1.54) is 24.5 Å². The number of pyridine rings is 1. The van der Waals surface area contributed by atoms with Crippen LogP contribution in [-0.4, -0.2) is 17.4 Å². The van der Waals surface area contributed by atoms with Crippen molar-refractivity contribution in [3.63, 3.8) is 0 Å². The first-order valence-electron chi connectivity index (χ1n) is 7.69. The van der Waals surface area contributed by atoms with Crippen LogP contribution in [-0.2, 0) is 10.0 Å². The third-order valence-electron chi connectivity index (χ3n) is 4.09. The predicted molar refractivity (Wildman–Crippen MR) is 94.1 cm³/mol. The summed E-state index contributed by atoms with van der Waals surface area (Å²) in [6.45, 7) is 0. The Labute approximate surface area is 148 Å². The molecule has 130 valence electrons. The van der Waals surface area contributed by atoms with Gasteiger partial charge in [0.25, 0.3) is 10.0 Å². The van der Waals surface area contributed by atoms with Gasteiger partial charge in [-0.3, -0.25) is 4.98 Å². The molecule has 2 heterocycles. The molecule has 26 heavy (non-hydrogen) atoms. The monoisotopic (exact) mass is 370 g/mol. The summed E-state index contributed by atoms with van der Waals surface area (Å²) in [5.41, 5.74) is 1.11. The van der Waals surface area contributed by atoms with Crippen LogP contribution in [0.3, 0.4) is 0 Å². The summed E-state index contributed by atoms with van der Waals surface area (Å²) in [5, 5.41) is 0.288. The largest absolute Gasteiger partial charge is 0.268 e. The van der Waals surface area contributed by atoms with Gasteiger partial charge in [-0.2, -0.15) is 0 Å². The molecule has 0 aliphatic heterocycles. The summed E-state index contributed by atoms with van der Waals surface area (Å²) >= 11 is 0. The van der Waals surface area contributed by atoms with Crippen molar-refractivity contribution in [3.8, 4) is 11.1 Å². The molecule has 0 saturated heterocycles. The van der Waals surface area contributed by atoms with Crippen LogP contribution in [0.15, 0.2) is 78.1 Å². The summed E-state index contributed by atoms with van der Waals surface area (Å²) in [4.78, 5) is 4.07. The highest BCUT2D eigenvalue weighted by Crippen LogP contribution is 2.34. The molecule has 0 aliphatic carbocycles. The lowest BCUT2D eigenvalue weighted by atomic mass is 10.1. The lowest BCUT2D eigenvalue weighted by Gasteiger charge is -2.07. The fourth-order valence-electron chi connectivity index (χ4n) is 2.85. The van der Waals surface area contributed by atoms with Crippen molar-refractivity contribution in [3.05, 3.63) is 84.8 Å². The van der Waals surface area contributed by atoms with Gasteiger partial charge >= 0.3 is 0 Å². The predicted octanol–water partition coefficient (Wildman–Crippen LogP) is 4.22. The van der Waals surface area contributed by atoms with E-state index in [0.29, 0.717) is 11.1 Å². The van der Waals surface area contributed by atoms with Crippen molar-refractivity contribution < 1.29 is 17.2 Å². The molecule has 0 aliphatic rings. The smallest absolute Gasteiger partial charge is 0.264 e. The quantitative estimate of drug-likeness (QED) is 0.543. The van der Waals surface area contributed by atoms with Crippen molar-refractivity contribution in [2.75, 3.05) is 0 Å². The molecule has 0 radical (unpaired) electrons. The van der Waals surface area contributed by atoms with Crippen LogP contribution < -0.4 is 0 Å². The van der Waals surface area contributed by atoms with Crippen LogP contribution >= 0.6 is 0 Å². The van der Waals surface area contributed by atoms with Gasteiger partial charge in [0.05, 0.1) is 10.4 Å². The van der Waals surface area contributed by atoms with Gasteiger partial charge in [0.2, 0.25) is 0 Å². The molecule has 4 nitrogen and oxygen atoms in total. The van der Waals surface area contributed by atoms with E-state index in [0.717, 1.165) is 16.1 Å². The molecule has 0 fully saturated rings. The van der Waals surface area contributed by atoms with E-state index in [1.807, 2.05) is 0 Å². The van der Waals surface area contributed by atoms with Gasteiger partial charge in [0.1, 0.15) is 0 Å². The Hall–Kier alpha value is -3.06.